The standard InChI is InChI=1S/C40H32/c1-3-9-29-23-31(13-11-27(29)7-1)33-15-17-35-36-18-16-34(32-14-12-28-8-2-4-10-30(28)24-32)26-38(36)40-21-5-19-39(40,20-6-22-40)37(35)25-33/h1-4,7-18,23-26H,5-6,19-22H2. The molecule has 3 aliphatic carbocycles. The molecule has 0 heteroatoms. The summed E-state index contributed by atoms with van der Waals surface area (Å²) in [5.74, 6) is 0. The summed E-state index contributed by atoms with van der Waals surface area (Å²) in [5, 5.41) is 5.26. The van der Waals surface area contributed by atoms with Crippen LogP contribution in [-0.2, 0) is 10.8 Å². The Morgan fingerprint density at radius 2 is 0.725 bits per heavy atom. The predicted octanol–water partition coefficient (Wildman–Crippen LogP) is 10.9. The maximum atomic E-state index is 2.59. The van der Waals surface area contributed by atoms with Gasteiger partial charge in [0.2, 0.25) is 0 Å². The summed E-state index contributed by atoms with van der Waals surface area (Å²) in [7, 11) is 0. The van der Waals surface area contributed by atoms with Crippen LogP contribution in [-0.4, -0.2) is 0 Å². The van der Waals surface area contributed by atoms with Crippen LogP contribution in [0.4, 0.5) is 0 Å². The highest BCUT2D eigenvalue weighted by Crippen LogP contribution is 2.69. The first kappa shape index (κ1) is 22.6. The molecule has 0 nitrogen and oxygen atoms in total. The van der Waals surface area contributed by atoms with E-state index in [4.69, 9.17) is 0 Å². The Kier molecular flexibility index (Phi) is 4.63. The fourth-order valence-corrected chi connectivity index (χ4v) is 9.09. The van der Waals surface area contributed by atoms with E-state index >= 15 is 0 Å². The first-order valence-electron chi connectivity index (χ1n) is 15.0. The Morgan fingerprint density at radius 1 is 0.350 bits per heavy atom. The summed E-state index contributed by atoms with van der Waals surface area (Å²) in [5.41, 5.74) is 12.1. The summed E-state index contributed by atoms with van der Waals surface area (Å²) in [6.45, 7) is 0. The highest BCUT2D eigenvalue weighted by Gasteiger charge is 2.62. The first-order valence-corrected chi connectivity index (χ1v) is 15.0. The molecule has 0 radical (unpaired) electrons. The quantitative estimate of drug-likeness (QED) is 0.216. The van der Waals surface area contributed by atoms with Crippen molar-refractivity contribution in [3.63, 3.8) is 0 Å². The molecule has 9 rings (SSSR count). The maximum Gasteiger partial charge on any atom is 0.00564 e. The van der Waals surface area contributed by atoms with Crippen molar-refractivity contribution in [2.45, 2.75) is 49.4 Å². The molecular weight excluding hydrogens is 480 g/mol. The zero-order valence-electron chi connectivity index (χ0n) is 22.8. The number of hydrogen-bond acceptors (Lipinski definition) is 0. The molecule has 0 N–H and O–H groups in total. The lowest BCUT2D eigenvalue weighted by Gasteiger charge is -2.48. The van der Waals surface area contributed by atoms with E-state index in [1.54, 1.807) is 11.1 Å². The van der Waals surface area contributed by atoms with Crippen LogP contribution in [0.3, 0.4) is 0 Å². The van der Waals surface area contributed by atoms with Crippen LogP contribution in [0.25, 0.3) is 54.9 Å². The number of fused-ring (bicyclic) bond motifs is 5. The van der Waals surface area contributed by atoms with E-state index in [1.165, 1.54) is 93.5 Å². The Balaban J connectivity index is 1.24. The van der Waals surface area contributed by atoms with E-state index in [0.29, 0.717) is 0 Å². The van der Waals surface area contributed by atoms with Crippen molar-refractivity contribution >= 4 is 21.5 Å². The zero-order valence-corrected chi connectivity index (χ0v) is 22.8. The van der Waals surface area contributed by atoms with E-state index in [2.05, 4.69) is 121 Å². The third-order valence-corrected chi connectivity index (χ3v) is 10.9. The molecule has 6 aromatic rings. The molecule has 0 saturated heterocycles. The molecule has 0 aromatic heterocycles. The van der Waals surface area contributed by atoms with Gasteiger partial charge in [-0.15, -0.1) is 0 Å². The van der Waals surface area contributed by atoms with Crippen molar-refractivity contribution in [1.29, 1.82) is 0 Å². The fraction of sp³-hybridized carbons (Fsp3) is 0.200. The van der Waals surface area contributed by atoms with Gasteiger partial charge < -0.3 is 0 Å². The van der Waals surface area contributed by atoms with Gasteiger partial charge in [0.25, 0.3) is 0 Å². The Hall–Kier alpha value is -4.16. The van der Waals surface area contributed by atoms with Gasteiger partial charge in [0, 0.05) is 10.8 Å². The lowest BCUT2D eigenvalue weighted by Crippen LogP contribution is -2.43. The van der Waals surface area contributed by atoms with Crippen molar-refractivity contribution in [3.8, 4) is 33.4 Å². The molecule has 0 spiro atoms. The van der Waals surface area contributed by atoms with Crippen molar-refractivity contribution < 1.29 is 0 Å². The van der Waals surface area contributed by atoms with E-state index in [1.807, 2.05) is 0 Å². The summed E-state index contributed by atoms with van der Waals surface area (Å²) in [4.78, 5) is 0. The third-order valence-electron chi connectivity index (χ3n) is 10.9. The largest absolute Gasteiger partial charge is 0.0616 e. The SMILES string of the molecule is c1ccc2cc(-c3ccc4c(c3)C35CCCC3(CCC5)c3cc(-c5ccc6ccccc6c5)ccc3-4)ccc2c1. The average molecular weight is 513 g/mol. The Morgan fingerprint density at radius 3 is 1.18 bits per heavy atom. The molecule has 2 fully saturated rings. The predicted molar refractivity (Wildman–Crippen MR) is 169 cm³/mol. The molecule has 0 atom stereocenters. The van der Waals surface area contributed by atoms with Gasteiger partial charge in [-0.05, 0) is 116 Å². The number of benzene rings is 6. The first-order chi connectivity index (χ1) is 19.7. The van der Waals surface area contributed by atoms with Gasteiger partial charge in [-0.25, -0.2) is 0 Å². The highest BCUT2D eigenvalue weighted by atomic mass is 14.6. The minimum Gasteiger partial charge on any atom is -0.0616 e. The molecule has 3 aliphatic rings. The highest BCUT2D eigenvalue weighted by molar-refractivity contribution is 5.90. The summed E-state index contributed by atoms with van der Waals surface area (Å²) >= 11 is 0. The van der Waals surface area contributed by atoms with Crippen molar-refractivity contribution in [1.82, 2.24) is 0 Å². The second kappa shape index (κ2) is 8.18. The molecule has 40 heavy (non-hydrogen) atoms. The van der Waals surface area contributed by atoms with E-state index < -0.39 is 0 Å². The smallest absolute Gasteiger partial charge is 0.00564 e. The maximum absolute atomic E-state index is 2.59. The van der Waals surface area contributed by atoms with Crippen molar-refractivity contribution in [3.05, 3.63) is 132 Å². The molecule has 0 unspecified atom stereocenters. The van der Waals surface area contributed by atoms with Crippen LogP contribution < -0.4 is 0 Å². The second-order valence-corrected chi connectivity index (χ2v) is 12.5. The molecule has 192 valence electrons. The van der Waals surface area contributed by atoms with Crippen LogP contribution >= 0.6 is 0 Å². The third kappa shape index (κ3) is 2.97. The van der Waals surface area contributed by atoms with Gasteiger partial charge in [-0.3, -0.25) is 0 Å². The molecule has 2 saturated carbocycles. The molecule has 6 aromatic carbocycles. The summed E-state index contributed by atoms with van der Waals surface area (Å²) in [6.07, 6.45) is 7.95. The molecule has 0 bridgehead atoms. The summed E-state index contributed by atoms with van der Waals surface area (Å²) < 4.78 is 0. The number of rotatable bonds is 2. The monoisotopic (exact) mass is 512 g/mol. The van der Waals surface area contributed by atoms with E-state index in [0.717, 1.165) is 0 Å². The van der Waals surface area contributed by atoms with Gasteiger partial charge >= 0.3 is 0 Å². The fourth-order valence-electron chi connectivity index (χ4n) is 9.09. The van der Waals surface area contributed by atoms with Gasteiger partial charge in [-0.1, -0.05) is 110 Å². The van der Waals surface area contributed by atoms with Crippen LogP contribution in [0.5, 0.6) is 0 Å². The van der Waals surface area contributed by atoms with Crippen LogP contribution in [0.2, 0.25) is 0 Å². The molecule has 0 aliphatic heterocycles. The van der Waals surface area contributed by atoms with E-state index in [-0.39, 0.29) is 10.8 Å². The number of hydrogen-bond donors (Lipinski definition) is 0. The van der Waals surface area contributed by atoms with Crippen molar-refractivity contribution in [2.24, 2.45) is 0 Å². The Bertz CT molecular complexity index is 1820. The molecule has 0 heterocycles. The topological polar surface area (TPSA) is 0 Å². The van der Waals surface area contributed by atoms with Gasteiger partial charge in [0.15, 0.2) is 0 Å². The van der Waals surface area contributed by atoms with Crippen LogP contribution in [0, 0.1) is 0 Å². The van der Waals surface area contributed by atoms with Gasteiger partial charge in [-0.2, -0.15) is 0 Å². The Labute approximate surface area is 236 Å². The minimum absolute atomic E-state index is 0.268. The normalized spacial score (nSPS) is 22.6. The summed E-state index contributed by atoms with van der Waals surface area (Å²) in [6, 6.07) is 46.2. The van der Waals surface area contributed by atoms with Gasteiger partial charge in [0.05, 0.1) is 0 Å². The van der Waals surface area contributed by atoms with Crippen LogP contribution in [0.15, 0.2) is 121 Å². The molecule has 0 amide bonds. The van der Waals surface area contributed by atoms with Crippen LogP contribution in [0.1, 0.15) is 49.7 Å². The lowest BCUT2D eigenvalue weighted by molar-refractivity contribution is 0.299. The van der Waals surface area contributed by atoms with Gasteiger partial charge in [0.1, 0.15) is 0 Å². The van der Waals surface area contributed by atoms with E-state index in [9.17, 15) is 0 Å². The average Bonchev–Trinajstić information content (AvgIpc) is 3.59. The zero-order chi connectivity index (χ0) is 26.3. The van der Waals surface area contributed by atoms with Crippen molar-refractivity contribution in [2.75, 3.05) is 0 Å². The second-order valence-electron chi connectivity index (χ2n) is 12.5. The molecular formula is C40H32. The minimum atomic E-state index is 0.268. The lowest BCUT2D eigenvalue weighted by atomic mass is 9.55.